The van der Waals surface area contributed by atoms with E-state index in [4.69, 9.17) is 4.52 Å². The molecular weight excluding hydrogens is 328 g/mol. The molecule has 8 heteroatoms. The highest BCUT2D eigenvalue weighted by atomic mass is 32.2. The first-order valence-corrected chi connectivity index (χ1v) is 10.5. The maximum absolute atomic E-state index is 11.5. The molecule has 0 aromatic carbocycles. The van der Waals surface area contributed by atoms with Crippen molar-refractivity contribution in [2.45, 2.75) is 46.6 Å². The van der Waals surface area contributed by atoms with E-state index in [1.807, 2.05) is 13.8 Å². The van der Waals surface area contributed by atoms with Crippen molar-refractivity contribution < 1.29 is 12.9 Å². The Bertz CT molecular complexity index is 645. The Labute approximate surface area is 144 Å². The van der Waals surface area contributed by atoms with Crippen LogP contribution in [0.3, 0.4) is 0 Å². The normalized spacial score (nSPS) is 20.3. The third-order valence-corrected chi connectivity index (χ3v) is 6.07. The summed E-state index contributed by atoms with van der Waals surface area (Å²) < 4.78 is 28.5. The second-order valence-corrected chi connectivity index (χ2v) is 8.31. The number of aliphatic imine (C=N–C) groups is 1. The van der Waals surface area contributed by atoms with Crippen molar-refractivity contribution in [1.29, 1.82) is 0 Å². The van der Waals surface area contributed by atoms with Crippen LogP contribution in [0.1, 0.15) is 44.2 Å². The standard InChI is InChI=1S/C16H28N4O3S/c1-4-14-13(15(5-2)23-20-14)10-19-16(17-6-3)18-9-12-7-8-24(21,22)11-12/h12H,4-11H2,1-3H3,(H2,17,18,19). The van der Waals surface area contributed by atoms with E-state index in [-0.39, 0.29) is 11.7 Å². The average molecular weight is 356 g/mol. The van der Waals surface area contributed by atoms with Crippen molar-refractivity contribution in [1.82, 2.24) is 15.8 Å². The molecule has 1 aliphatic rings. The molecule has 24 heavy (non-hydrogen) atoms. The number of nitrogens with zero attached hydrogens (tertiary/aromatic N) is 2. The third kappa shape index (κ3) is 4.96. The van der Waals surface area contributed by atoms with Gasteiger partial charge in [0.2, 0.25) is 0 Å². The number of hydrogen-bond acceptors (Lipinski definition) is 5. The van der Waals surface area contributed by atoms with Crippen LogP contribution in [0.4, 0.5) is 0 Å². The highest BCUT2D eigenvalue weighted by Gasteiger charge is 2.27. The van der Waals surface area contributed by atoms with E-state index in [2.05, 4.69) is 27.7 Å². The molecule has 0 bridgehead atoms. The zero-order valence-corrected chi connectivity index (χ0v) is 15.6. The van der Waals surface area contributed by atoms with Crippen molar-refractivity contribution in [3.8, 4) is 0 Å². The van der Waals surface area contributed by atoms with Gasteiger partial charge < -0.3 is 15.2 Å². The molecular formula is C16H28N4O3S. The van der Waals surface area contributed by atoms with Gasteiger partial charge in [0.15, 0.2) is 15.8 Å². The topological polar surface area (TPSA) is 96.6 Å². The Morgan fingerprint density at radius 2 is 2.08 bits per heavy atom. The SMILES string of the molecule is CCNC(=NCc1c(CC)noc1CC)NCC1CCS(=O)(=O)C1. The zero-order valence-electron chi connectivity index (χ0n) is 14.8. The molecule has 0 amide bonds. The van der Waals surface area contributed by atoms with Crippen LogP contribution in [0, 0.1) is 5.92 Å². The summed E-state index contributed by atoms with van der Waals surface area (Å²) in [6.07, 6.45) is 2.33. The van der Waals surface area contributed by atoms with Gasteiger partial charge in [-0.25, -0.2) is 13.4 Å². The van der Waals surface area contributed by atoms with E-state index in [0.717, 1.165) is 42.8 Å². The van der Waals surface area contributed by atoms with Crippen LogP contribution in [0.15, 0.2) is 9.52 Å². The minimum atomic E-state index is -2.84. The highest BCUT2D eigenvalue weighted by molar-refractivity contribution is 7.91. The average Bonchev–Trinajstić information content (AvgIpc) is 3.12. The van der Waals surface area contributed by atoms with Crippen LogP contribution >= 0.6 is 0 Å². The Kier molecular flexibility index (Phi) is 6.65. The predicted octanol–water partition coefficient (Wildman–Crippen LogP) is 1.29. The molecule has 1 aromatic rings. The summed E-state index contributed by atoms with van der Waals surface area (Å²) in [7, 11) is -2.84. The van der Waals surface area contributed by atoms with Gasteiger partial charge >= 0.3 is 0 Å². The summed E-state index contributed by atoms with van der Waals surface area (Å²) in [6, 6.07) is 0. The second-order valence-electron chi connectivity index (χ2n) is 6.08. The van der Waals surface area contributed by atoms with Crippen LogP contribution in [0.5, 0.6) is 0 Å². The number of aromatic nitrogens is 1. The van der Waals surface area contributed by atoms with Crippen LogP contribution in [-0.4, -0.2) is 44.1 Å². The van der Waals surface area contributed by atoms with Crippen molar-refractivity contribution in [2.75, 3.05) is 24.6 Å². The lowest BCUT2D eigenvalue weighted by molar-refractivity contribution is 0.380. The summed E-state index contributed by atoms with van der Waals surface area (Å²) in [5, 5.41) is 10.6. The Morgan fingerprint density at radius 1 is 1.29 bits per heavy atom. The summed E-state index contributed by atoms with van der Waals surface area (Å²) in [4.78, 5) is 4.62. The van der Waals surface area contributed by atoms with Gasteiger partial charge in [0.25, 0.3) is 0 Å². The van der Waals surface area contributed by atoms with E-state index in [0.29, 0.717) is 24.8 Å². The van der Waals surface area contributed by atoms with Crippen molar-refractivity contribution in [2.24, 2.45) is 10.9 Å². The number of nitrogens with one attached hydrogen (secondary N) is 2. The number of rotatable bonds is 7. The number of sulfone groups is 1. The maximum atomic E-state index is 11.5. The minimum absolute atomic E-state index is 0.159. The van der Waals surface area contributed by atoms with Gasteiger partial charge in [0.05, 0.1) is 23.7 Å². The van der Waals surface area contributed by atoms with Crippen molar-refractivity contribution in [3.05, 3.63) is 17.0 Å². The molecule has 1 saturated heterocycles. The molecule has 1 aromatic heterocycles. The molecule has 136 valence electrons. The van der Waals surface area contributed by atoms with E-state index < -0.39 is 9.84 Å². The van der Waals surface area contributed by atoms with Crippen LogP contribution in [0.25, 0.3) is 0 Å². The van der Waals surface area contributed by atoms with Gasteiger partial charge in [-0.2, -0.15) is 0 Å². The predicted molar refractivity (Wildman–Crippen MR) is 94.8 cm³/mol. The Balaban J connectivity index is 1.99. The van der Waals surface area contributed by atoms with Crippen LogP contribution in [0.2, 0.25) is 0 Å². The summed E-state index contributed by atoms with van der Waals surface area (Å²) >= 11 is 0. The van der Waals surface area contributed by atoms with Crippen molar-refractivity contribution in [3.63, 3.8) is 0 Å². The molecule has 1 fully saturated rings. The fraction of sp³-hybridized carbons (Fsp3) is 0.750. The maximum Gasteiger partial charge on any atom is 0.191 e. The molecule has 0 saturated carbocycles. The van der Waals surface area contributed by atoms with Crippen LogP contribution in [-0.2, 0) is 29.2 Å². The number of aryl methyl sites for hydroxylation is 2. The van der Waals surface area contributed by atoms with E-state index in [9.17, 15) is 8.42 Å². The summed E-state index contributed by atoms with van der Waals surface area (Å²) in [5.74, 6) is 2.31. The molecule has 2 heterocycles. The molecule has 1 unspecified atom stereocenters. The fourth-order valence-corrected chi connectivity index (χ4v) is 4.75. The second kappa shape index (κ2) is 8.50. The van der Waals surface area contributed by atoms with Crippen molar-refractivity contribution >= 4 is 15.8 Å². The first-order chi connectivity index (χ1) is 11.5. The molecule has 1 aliphatic heterocycles. The first kappa shape index (κ1) is 18.8. The van der Waals surface area contributed by atoms with Gasteiger partial charge in [0, 0.05) is 25.1 Å². The number of guanidine groups is 1. The van der Waals surface area contributed by atoms with E-state index >= 15 is 0 Å². The number of hydrogen-bond donors (Lipinski definition) is 2. The van der Waals surface area contributed by atoms with Gasteiger partial charge in [0.1, 0.15) is 5.76 Å². The molecule has 0 aliphatic carbocycles. The summed E-state index contributed by atoms with van der Waals surface area (Å²) in [5.41, 5.74) is 2.01. The van der Waals surface area contributed by atoms with Gasteiger partial charge in [-0.3, -0.25) is 0 Å². The highest BCUT2D eigenvalue weighted by Crippen LogP contribution is 2.18. The molecule has 1 atom stereocenters. The third-order valence-electron chi connectivity index (χ3n) is 4.23. The fourth-order valence-electron chi connectivity index (χ4n) is 2.89. The molecule has 0 spiro atoms. The molecule has 2 rings (SSSR count). The largest absolute Gasteiger partial charge is 0.361 e. The lowest BCUT2D eigenvalue weighted by Crippen LogP contribution is -2.40. The monoisotopic (exact) mass is 356 g/mol. The Hall–Kier alpha value is -1.57. The Morgan fingerprint density at radius 3 is 2.67 bits per heavy atom. The molecule has 2 N–H and O–H groups in total. The summed E-state index contributed by atoms with van der Waals surface area (Å²) in [6.45, 7) is 7.97. The lowest BCUT2D eigenvalue weighted by Gasteiger charge is -2.14. The van der Waals surface area contributed by atoms with E-state index in [1.54, 1.807) is 0 Å². The minimum Gasteiger partial charge on any atom is -0.361 e. The van der Waals surface area contributed by atoms with Gasteiger partial charge in [-0.15, -0.1) is 0 Å². The quantitative estimate of drug-likeness (QED) is 0.564. The van der Waals surface area contributed by atoms with Crippen LogP contribution < -0.4 is 10.6 Å². The molecule has 0 radical (unpaired) electrons. The zero-order chi connectivity index (χ0) is 17.6. The van der Waals surface area contributed by atoms with Gasteiger partial charge in [-0.1, -0.05) is 19.0 Å². The van der Waals surface area contributed by atoms with Gasteiger partial charge in [-0.05, 0) is 25.7 Å². The smallest absolute Gasteiger partial charge is 0.191 e. The lowest BCUT2D eigenvalue weighted by atomic mass is 10.1. The molecule has 7 nitrogen and oxygen atoms in total. The first-order valence-electron chi connectivity index (χ1n) is 8.67. The van der Waals surface area contributed by atoms with E-state index in [1.165, 1.54) is 0 Å².